The molecule has 0 heterocycles. The van der Waals surface area contributed by atoms with E-state index in [4.69, 9.17) is 17.4 Å². The Balaban J connectivity index is 3.37. The van der Waals surface area contributed by atoms with Crippen LogP contribution in [0.15, 0.2) is 5.16 Å². The van der Waals surface area contributed by atoms with Gasteiger partial charge in [-0.3, -0.25) is 0 Å². The predicted molar refractivity (Wildman–Crippen MR) is 44.3 cm³/mol. The topological polar surface area (TPSA) is 70.6 Å². The molecular weight excluding hydrogens is 142 g/mol. The number of amidine groups is 1. The zero-order valence-electron chi connectivity index (χ0n) is 6.54. The minimum absolute atomic E-state index is 0.0292. The van der Waals surface area contributed by atoms with E-state index in [0.29, 0.717) is 13.0 Å². The van der Waals surface area contributed by atoms with Crippen LogP contribution in [0.2, 0.25) is 0 Å². The molecule has 0 saturated carbocycles. The fourth-order valence-corrected chi connectivity index (χ4v) is 0.526. The predicted octanol–water partition coefficient (Wildman–Crippen LogP) is -0.266. The summed E-state index contributed by atoms with van der Waals surface area (Å²) < 4.78 is 0. The molecule has 4 heteroatoms. The summed E-state index contributed by atoms with van der Waals surface area (Å²) in [6, 6.07) is 0.0292. The highest BCUT2D eigenvalue weighted by atomic mass is 16.4. The minimum atomic E-state index is 0.0292. The average molecular weight is 155 g/mol. The third kappa shape index (κ3) is 5.25. The normalized spacial score (nSPS) is 14.0. The number of terminal acetylenes is 1. The third-order valence-corrected chi connectivity index (χ3v) is 1.21. The third-order valence-electron chi connectivity index (χ3n) is 1.21. The Kier molecular flexibility index (Phi) is 4.95. The molecule has 0 spiro atoms. The molecule has 0 aromatic carbocycles. The molecule has 1 atom stereocenters. The molecule has 0 rings (SSSR count). The van der Waals surface area contributed by atoms with Crippen molar-refractivity contribution in [1.82, 2.24) is 5.32 Å². The number of nitrogens with two attached hydrogens (primary N) is 1. The summed E-state index contributed by atoms with van der Waals surface area (Å²) in [5.74, 6) is 2.71. The summed E-state index contributed by atoms with van der Waals surface area (Å²) in [6.07, 6.45) is 5.60. The van der Waals surface area contributed by atoms with E-state index in [1.807, 2.05) is 6.92 Å². The fourth-order valence-electron chi connectivity index (χ4n) is 0.526. The van der Waals surface area contributed by atoms with E-state index < -0.39 is 0 Å². The van der Waals surface area contributed by atoms with E-state index in [2.05, 4.69) is 16.4 Å². The Labute approximate surface area is 66.5 Å². The number of rotatable bonds is 4. The van der Waals surface area contributed by atoms with E-state index in [9.17, 15) is 0 Å². The first-order chi connectivity index (χ1) is 5.20. The highest BCUT2D eigenvalue weighted by Gasteiger charge is 1.95. The van der Waals surface area contributed by atoms with Crippen LogP contribution in [0.1, 0.15) is 13.3 Å². The van der Waals surface area contributed by atoms with Crippen molar-refractivity contribution < 1.29 is 5.21 Å². The van der Waals surface area contributed by atoms with Gasteiger partial charge in [0, 0.05) is 13.0 Å². The molecule has 0 fully saturated rings. The maximum absolute atomic E-state index is 8.15. The van der Waals surface area contributed by atoms with Crippen molar-refractivity contribution in [3.8, 4) is 12.3 Å². The summed E-state index contributed by atoms with van der Waals surface area (Å²) in [5, 5.41) is 14.0. The lowest BCUT2D eigenvalue weighted by atomic mass is 10.3. The number of nitrogens with zero attached hydrogens (tertiary/aromatic N) is 1. The monoisotopic (exact) mass is 155 g/mol. The molecular formula is C7H13N3O. The van der Waals surface area contributed by atoms with Gasteiger partial charge in [-0.15, -0.1) is 6.42 Å². The first kappa shape index (κ1) is 9.79. The van der Waals surface area contributed by atoms with Crippen molar-refractivity contribution in [2.45, 2.75) is 19.4 Å². The van der Waals surface area contributed by atoms with E-state index in [1.54, 1.807) is 0 Å². The van der Waals surface area contributed by atoms with Crippen LogP contribution >= 0.6 is 0 Å². The smallest absolute Gasteiger partial charge is 0.140 e. The standard InChI is InChI=1S/C7H13N3O/c1-3-6(2)9-5-4-7(8)10-11/h1,6,9,11H,4-5H2,2H3,(H2,8,10). The molecule has 0 aromatic heterocycles. The van der Waals surface area contributed by atoms with Crippen LogP contribution in [0.4, 0.5) is 0 Å². The maximum atomic E-state index is 8.15. The Bertz CT molecular complexity index is 171. The van der Waals surface area contributed by atoms with Crippen LogP contribution in [-0.4, -0.2) is 23.6 Å². The largest absolute Gasteiger partial charge is 0.409 e. The Hall–Kier alpha value is -1.21. The number of oxime groups is 1. The Morgan fingerprint density at radius 1 is 1.91 bits per heavy atom. The summed E-state index contributed by atoms with van der Waals surface area (Å²) in [4.78, 5) is 0. The lowest BCUT2D eigenvalue weighted by Crippen LogP contribution is -2.28. The summed E-state index contributed by atoms with van der Waals surface area (Å²) >= 11 is 0. The van der Waals surface area contributed by atoms with Gasteiger partial charge in [-0.05, 0) is 6.92 Å². The second-order valence-corrected chi connectivity index (χ2v) is 2.18. The molecule has 0 aliphatic carbocycles. The van der Waals surface area contributed by atoms with Crippen molar-refractivity contribution in [1.29, 1.82) is 0 Å². The van der Waals surface area contributed by atoms with Gasteiger partial charge in [-0.2, -0.15) is 0 Å². The zero-order chi connectivity index (χ0) is 8.69. The number of hydrogen-bond donors (Lipinski definition) is 3. The molecule has 0 amide bonds. The quantitative estimate of drug-likeness (QED) is 0.172. The van der Waals surface area contributed by atoms with Gasteiger partial charge in [-0.1, -0.05) is 11.1 Å². The van der Waals surface area contributed by atoms with Crippen LogP contribution in [0.5, 0.6) is 0 Å². The van der Waals surface area contributed by atoms with Crippen molar-refractivity contribution in [2.75, 3.05) is 6.54 Å². The van der Waals surface area contributed by atoms with Gasteiger partial charge < -0.3 is 16.3 Å². The maximum Gasteiger partial charge on any atom is 0.140 e. The molecule has 11 heavy (non-hydrogen) atoms. The van der Waals surface area contributed by atoms with Crippen molar-refractivity contribution >= 4 is 5.84 Å². The molecule has 0 aliphatic heterocycles. The molecule has 0 aliphatic rings. The van der Waals surface area contributed by atoms with Gasteiger partial charge in [0.1, 0.15) is 5.84 Å². The molecule has 62 valence electrons. The average Bonchev–Trinajstić information content (AvgIpc) is 2.04. The zero-order valence-corrected chi connectivity index (χ0v) is 6.54. The molecule has 4 nitrogen and oxygen atoms in total. The number of hydrogen-bond acceptors (Lipinski definition) is 3. The number of nitrogens with one attached hydrogen (secondary N) is 1. The summed E-state index contributed by atoms with van der Waals surface area (Å²) in [6.45, 7) is 2.49. The van der Waals surface area contributed by atoms with Gasteiger partial charge in [0.2, 0.25) is 0 Å². The molecule has 0 saturated heterocycles. The highest BCUT2D eigenvalue weighted by Crippen LogP contribution is 1.80. The Morgan fingerprint density at radius 2 is 2.55 bits per heavy atom. The molecule has 0 bridgehead atoms. The van der Waals surface area contributed by atoms with Crippen LogP contribution in [-0.2, 0) is 0 Å². The molecule has 1 unspecified atom stereocenters. The van der Waals surface area contributed by atoms with Gasteiger partial charge in [0.05, 0.1) is 6.04 Å². The summed E-state index contributed by atoms with van der Waals surface area (Å²) in [5.41, 5.74) is 5.21. The van der Waals surface area contributed by atoms with E-state index in [0.717, 1.165) is 0 Å². The van der Waals surface area contributed by atoms with Crippen LogP contribution < -0.4 is 11.1 Å². The molecule has 4 N–H and O–H groups in total. The Morgan fingerprint density at radius 3 is 3.00 bits per heavy atom. The second kappa shape index (κ2) is 5.57. The van der Waals surface area contributed by atoms with Crippen LogP contribution in [0.3, 0.4) is 0 Å². The van der Waals surface area contributed by atoms with Crippen molar-refractivity contribution in [3.63, 3.8) is 0 Å². The van der Waals surface area contributed by atoms with Crippen LogP contribution in [0.25, 0.3) is 0 Å². The van der Waals surface area contributed by atoms with Gasteiger partial charge in [-0.25, -0.2) is 0 Å². The SMILES string of the molecule is C#CC(C)NCCC(N)=NO. The lowest BCUT2D eigenvalue weighted by molar-refractivity contribution is 0.316. The van der Waals surface area contributed by atoms with Gasteiger partial charge >= 0.3 is 0 Å². The molecule has 0 aromatic rings. The first-order valence-electron chi connectivity index (χ1n) is 3.36. The van der Waals surface area contributed by atoms with Crippen molar-refractivity contribution in [3.05, 3.63) is 0 Å². The highest BCUT2D eigenvalue weighted by molar-refractivity contribution is 5.79. The lowest BCUT2D eigenvalue weighted by Gasteiger charge is -2.05. The first-order valence-corrected chi connectivity index (χ1v) is 3.36. The van der Waals surface area contributed by atoms with Crippen molar-refractivity contribution in [2.24, 2.45) is 10.9 Å². The van der Waals surface area contributed by atoms with E-state index >= 15 is 0 Å². The second-order valence-electron chi connectivity index (χ2n) is 2.18. The van der Waals surface area contributed by atoms with Gasteiger partial charge in [0.15, 0.2) is 0 Å². The fraction of sp³-hybridized carbons (Fsp3) is 0.571. The van der Waals surface area contributed by atoms with E-state index in [-0.39, 0.29) is 11.9 Å². The minimum Gasteiger partial charge on any atom is -0.409 e. The molecule has 0 radical (unpaired) electrons. The van der Waals surface area contributed by atoms with Gasteiger partial charge in [0.25, 0.3) is 0 Å². The van der Waals surface area contributed by atoms with E-state index in [1.165, 1.54) is 0 Å². The van der Waals surface area contributed by atoms with Crippen LogP contribution in [0, 0.1) is 12.3 Å². The summed E-state index contributed by atoms with van der Waals surface area (Å²) in [7, 11) is 0.